The Balaban J connectivity index is 1.66. The fraction of sp³-hybridized carbons (Fsp3) is 0.250. The van der Waals surface area contributed by atoms with Crippen LogP contribution in [0.4, 0.5) is 4.79 Å². The number of benzene rings is 2. The molecule has 36 heavy (non-hydrogen) atoms. The third-order valence-corrected chi connectivity index (χ3v) is 6.39. The molecule has 4 aromatic rings. The average Bonchev–Trinajstić information content (AvgIpc) is 3.43. The fourth-order valence-electron chi connectivity index (χ4n) is 4.80. The molecule has 0 unspecified atom stereocenters. The largest absolute Gasteiger partial charge is 0.465 e. The highest BCUT2D eigenvalue weighted by Gasteiger charge is 2.36. The van der Waals surface area contributed by atoms with Crippen LogP contribution in [0.5, 0.6) is 0 Å². The van der Waals surface area contributed by atoms with Crippen LogP contribution in [0.1, 0.15) is 41.0 Å². The van der Waals surface area contributed by atoms with Crippen molar-refractivity contribution in [1.29, 1.82) is 0 Å². The van der Waals surface area contributed by atoms with Gasteiger partial charge in [-0.1, -0.05) is 48.0 Å². The third-order valence-electron chi connectivity index (χ3n) is 6.39. The summed E-state index contributed by atoms with van der Waals surface area (Å²) in [6, 6.07) is 21.4. The maximum Gasteiger partial charge on any atom is 0.325 e. The van der Waals surface area contributed by atoms with Crippen LogP contribution in [0.3, 0.4) is 0 Å². The Morgan fingerprint density at radius 2 is 1.86 bits per heavy atom. The number of rotatable bonds is 5. The summed E-state index contributed by atoms with van der Waals surface area (Å²) in [6.07, 6.45) is 2.01. The molecule has 3 heterocycles. The number of urea groups is 1. The second kappa shape index (κ2) is 9.73. The minimum Gasteiger partial charge on any atom is -0.465 e. The highest BCUT2D eigenvalue weighted by atomic mass is 16.5. The molecule has 0 saturated heterocycles. The molecule has 0 radical (unpaired) electrons. The number of fused-ring (bicyclic) bond motifs is 3. The van der Waals surface area contributed by atoms with E-state index in [0.717, 1.165) is 39.6 Å². The zero-order valence-corrected chi connectivity index (χ0v) is 20.6. The summed E-state index contributed by atoms with van der Waals surface area (Å²) < 4.78 is 9.06. The van der Waals surface area contributed by atoms with Gasteiger partial charge in [0.15, 0.2) is 0 Å². The van der Waals surface area contributed by atoms with Crippen molar-refractivity contribution >= 4 is 12.0 Å². The van der Waals surface area contributed by atoms with Gasteiger partial charge in [0.2, 0.25) is 0 Å². The maximum absolute atomic E-state index is 13.6. The van der Waals surface area contributed by atoms with Crippen molar-refractivity contribution in [3.05, 3.63) is 101 Å². The molecule has 2 aromatic heterocycles. The Morgan fingerprint density at radius 3 is 2.61 bits per heavy atom. The lowest BCUT2D eigenvalue weighted by atomic mass is 10.00. The number of hydrogen-bond donors (Lipinski definition) is 1. The molecule has 8 nitrogen and oxygen atoms in total. The number of ether oxygens (including phenoxy) is 1. The Hall–Kier alpha value is -4.33. The van der Waals surface area contributed by atoms with Gasteiger partial charge >= 0.3 is 12.0 Å². The second-order valence-electron chi connectivity index (χ2n) is 8.85. The zero-order chi connectivity index (χ0) is 25.2. The van der Waals surface area contributed by atoms with Crippen LogP contribution in [0, 0.1) is 13.8 Å². The summed E-state index contributed by atoms with van der Waals surface area (Å²) in [6.45, 7) is 6.13. The number of aryl methyl sites for hydroxylation is 2. The lowest BCUT2D eigenvalue weighted by molar-refractivity contribution is -0.141. The van der Waals surface area contributed by atoms with Gasteiger partial charge in [0.1, 0.15) is 12.4 Å². The first-order valence-corrected chi connectivity index (χ1v) is 12.1. The number of carbonyl (C=O) groups is 2. The number of nitrogens with one attached hydrogen (secondary N) is 1. The summed E-state index contributed by atoms with van der Waals surface area (Å²) in [5.74, 6) is 0.432. The molecular weight excluding hydrogens is 454 g/mol. The zero-order valence-electron chi connectivity index (χ0n) is 20.6. The van der Waals surface area contributed by atoms with E-state index in [0.29, 0.717) is 6.54 Å². The van der Waals surface area contributed by atoms with E-state index in [4.69, 9.17) is 9.84 Å². The fourth-order valence-corrected chi connectivity index (χ4v) is 4.80. The van der Waals surface area contributed by atoms with Crippen LogP contribution in [-0.4, -0.2) is 44.4 Å². The normalized spacial score (nSPS) is 14.5. The number of amides is 2. The summed E-state index contributed by atoms with van der Waals surface area (Å²) in [5, 5.41) is 7.62. The molecule has 0 saturated carbocycles. The van der Waals surface area contributed by atoms with E-state index in [-0.39, 0.29) is 25.2 Å². The quantitative estimate of drug-likeness (QED) is 0.425. The number of carbonyl (C=O) groups excluding carboxylic acids is 2. The summed E-state index contributed by atoms with van der Waals surface area (Å²) in [5.41, 5.74) is 5.74. The van der Waals surface area contributed by atoms with Crippen molar-refractivity contribution < 1.29 is 14.3 Å². The van der Waals surface area contributed by atoms with Gasteiger partial charge in [-0.25, -0.2) is 9.48 Å². The van der Waals surface area contributed by atoms with Crippen molar-refractivity contribution in [2.24, 2.45) is 0 Å². The standard InChI is InChI=1S/C28H29N5O3/c1-4-36-25(34)17-29-28(35)32-18-23-20(3)30-33(22-12-6-5-7-13-22)27(23)31-15-9-14-24(31)26(32)21-11-8-10-19(2)16-21/h5-16,26H,4,17-18H2,1-3H3,(H,29,35)/t26-/m0/s1. The minimum absolute atomic E-state index is 0.195. The predicted molar refractivity (Wildman–Crippen MR) is 136 cm³/mol. The summed E-state index contributed by atoms with van der Waals surface area (Å²) in [4.78, 5) is 27.4. The molecule has 0 fully saturated rings. The van der Waals surface area contributed by atoms with Gasteiger partial charge < -0.3 is 19.5 Å². The average molecular weight is 484 g/mol. The van der Waals surface area contributed by atoms with Crippen molar-refractivity contribution in [2.75, 3.05) is 13.2 Å². The molecule has 8 heteroatoms. The molecule has 0 aliphatic carbocycles. The first-order chi connectivity index (χ1) is 17.5. The lowest BCUT2D eigenvalue weighted by Crippen LogP contribution is -2.44. The molecule has 2 aromatic carbocycles. The van der Waals surface area contributed by atoms with Gasteiger partial charge in [-0.15, -0.1) is 0 Å². The van der Waals surface area contributed by atoms with E-state index >= 15 is 0 Å². The minimum atomic E-state index is -0.468. The molecule has 0 spiro atoms. The second-order valence-corrected chi connectivity index (χ2v) is 8.85. The number of para-hydroxylation sites is 1. The van der Waals surface area contributed by atoms with Gasteiger partial charge in [-0.05, 0) is 50.6 Å². The van der Waals surface area contributed by atoms with Gasteiger partial charge in [-0.3, -0.25) is 4.79 Å². The topological polar surface area (TPSA) is 81.4 Å². The summed E-state index contributed by atoms with van der Waals surface area (Å²) >= 11 is 0. The highest BCUT2D eigenvalue weighted by Crippen LogP contribution is 2.38. The van der Waals surface area contributed by atoms with Crippen LogP contribution in [0.25, 0.3) is 11.5 Å². The molecular formula is C28H29N5O3. The molecule has 2 amide bonds. The van der Waals surface area contributed by atoms with Crippen molar-refractivity contribution in [2.45, 2.75) is 33.4 Å². The molecule has 184 valence electrons. The Kier molecular flexibility index (Phi) is 6.33. The van der Waals surface area contributed by atoms with E-state index in [1.807, 2.05) is 85.4 Å². The monoisotopic (exact) mass is 483 g/mol. The number of nitrogens with zero attached hydrogens (tertiary/aromatic N) is 4. The smallest absolute Gasteiger partial charge is 0.325 e. The molecule has 1 aliphatic heterocycles. The first kappa shape index (κ1) is 23.4. The van der Waals surface area contributed by atoms with Crippen molar-refractivity contribution in [1.82, 2.24) is 24.6 Å². The van der Waals surface area contributed by atoms with Gasteiger partial charge in [-0.2, -0.15) is 5.10 Å². The SMILES string of the molecule is CCOC(=O)CNC(=O)N1Cc2c(C)nn(-c3ccccc3)c2-n2cccc2[C@@H]1c1cccc(C)c1. The highest BCUT2D eigenvalue weighted by molar-refractivity contribution is 5.81. The van der Waals surface area contributed by atoms with Crippen LogP contribution in [0.15, 0.2) is 72.9 Å². The van der Waals surface area contributed by atoms with Gasteiger partial charge in [0.25, 0.3) is 0 Å². The number of hydrogen-bond acceptors (Lipinski definition) is 4. The number of aromatic nitrogens is 3. The van der Waals surface area contributed by atoms with Crippen molar-refractivity contribution in [3.8, 4) is 11.5 Å². The van der Waals surface area contributed by atoms with Crippen LogP contribution < -0.4 is 5.32 Å². The lowest BCUT2D eigenvalue weighted by Gasteiger charge is -2.31. The van der Waals surface area contributed by atoms with Crippen molar-refractivity contribution in [3.63, 3.8) is 0 Å². The van der Waals surface area contributed by atoms with E-state index in [1.165, 1.54) is 0 Å². The first-order valence-electron chi connectivity index (χ1n) is 12.1. The Bertz CT molecular complexity index is 1410. The molecule has 1 aliphatic rings. The van der Waals surface area contributed by atoms with Crippen LogP contribution in [-0.2, 0) is 16.1 Å². The van der Waals surface area contributed by atoms with E-state index in [2.05, 4.69) is 16.0 Å². The number of esters is 1. The molecule has 0 bridgehead atoms. The Labute approximate surface area is 210 Å². The van der Waals surface area contributed by atoms with E-state index < -0.39 is 5.97 Å². The Morgan fingerprint density at radius 1 is 1.06 bits per heavy atom. The molecule has 5 rings (SSSR count). The molecule has 1 N–H and O–H groups in total. The van der Waals surface area contributed by atoms with Gasteiger partial charge in [0, 0.05) is 11.8 Å². The van der Waals surface area contributed by atoms with E-state index in [9.17, 15) is 9.59 Å². The maximum atomic E-state index is 13.6. The third kappa shape index (κ3) is 4.26. The summed E-state index contributed by atoms with van der Waals surface area (Å²) in [7, 11) is 0. The van der Waals surface area contributed by atoms with Crippen LogP contribution >= 0.6 is 0 Å². The van der Waals surface area contributed by atoms with Crippen LogP contribution in [0.2, 0.25) is 0 Å². The molecule has 1 atom stereocenters. The van der Waals surface area contributed by atoms with E-state index in [1.54, 1.807) is 11.8 Å². The predicted octanol–water partition coefficient (Wildman–Crippen LogP) is 4.46. The van der Waals surface area contributed by atoms with Gasteiger partial charge in [0.05, 0.1) is 36.3 Å².